The number of para-hydroxylation sites is 1. The molecule has 2 N–H and O–H groups in total. The van der Waals surface area contributed by atoms with Crippen LogP contribution in [0.1, 0.15) is 59.8 Å². The highest BCUT2D eigenvalue weighted by atomic mass is 16.3. The molecule has 0 saturated carbocycles. The van der Waals surface area contributed by atoms with Crippen molar-refractivity contribution in [2.24, 2.45) is 5.41 Å². The molecule has 0 fully saturated rings. The second-order valence-electron chi connectivity index (χ2n) is 9.09. The second-order valence-corrected chi connectivity index (χ2v) is 9.09. The Labute approximate surface area is 174 Å². The van der Waals surface area contributed by atoms with Crippen molar-refractivity contribution in [3.05, 3.63) is 58.1 Å². The standard InChI is InChI=1S/C25H34N2O2/c1-6-12-27-13-11-19-17(2)14-18(3)21(23(19)27)15-25(4,5)16-26-24(29)20-9-7-8-10-22(20)28/h7-10,14,28H,6,11-13,15-16H2,1-5H3,(H,26,29). The molecule has 2 aromatic rings. The monoisotopic (exact) mass is 394 g/mol. The molecule has 29 heavy (non-hydrogen) atoms. The van der Waals surface area contributed by atoms with Gasteiger partial charge in [0, 0.05) is 25.3 Å². The van der Waals surface area contributed by atoms with Crippen molar-refractivity contribution in [1.29, 1.82) is 0 Å². The number of aromatic hydroxyl groups is 1. The zero-order valence-corrected chi connectivity index (χ0v) is 18.4. The van der Waals surface area contributed by atoms with Crippen LogP contribution in [0.25, 0.3) is 0 Å². The van der Waals surface area contributed by atoms with Crippen molar-refractivity contribution in [2.45, 2.75) is 53.9 Å². The number of benzene rings is 2. The Kier molecular flexibility index (Phi) is 6.21. The van der Waals surface area contributed by atoms with Crippen molar-refractivity contribution < 1.29 is 9.90 Å². The number of carbonyl (C=O) groups excluding carboxylic acids is 1. The van der Waals surface area contributed by atoms with Crippen LogP contribution in [0.15, 0.2) is 30.3 Å². The van der Waals surface area contributed by atoms with Gasteiger partial charge in [-0.15, -0.1) is 0 Å². The predicted octanol–water partition coefficient (Wildman–Crippen LogP) is 4.78. The summed E-state index contributed by atoms with van der Waals surface area (Å²) >= 11 is 0. The largest absolute Gasteiger partial charge is 0.507 e. The van der Waals surface area contributed by atoms with Crippen LogP contribution >= 0.6 is 0 Å². The fourth-order valence-electron chi connectivity index (χ4n) is 4.45. The fraction of sp³-hybridized carbons (Fsp3) is 0.480. The average molecular weight is 395 g/mol. The van der Waals surface area contributed by atoms with Gasteiger partial charge in [0.2, 0.25) is 0 Å². The third-order valence-corrected chi connectivity index (χ3v) is 5.93. The number of phenolic OH excluding ortho intramolecular Hbond substituents is 1. The number of nitrogens with zero attached hydrogens (tertiary/aromatic N) is 1. The van der Waals surface area contributed by atoms with Crippen molar-refractivity contribution in [3.63, 3.8) is 0 Å². The summed E-state index contributed by atoms with van der Waals surface area (Å²) < 4.78 is 0. The Bertz CT molecular complexity index is 902. The smallest absolute Gasteiger partial charge is 0.255 e. The lowest BCUT2D eigenvalue weighted by atomic mass is 9.82. The predicted molar refractivity (Wildman–Crippen MR) is 120 cm³/mol. The molecule has 156 valence electrons. The number of aryl methyl sites for hydroxylation is 2. The van der Waals surface area contributed by atoms with Gasteiger partial charge in [-0.05, 0) is 72.9 Å². The number of hydrogen-bond acceptors (Lipinski definition) is 3. The molecule has 4 nitrogen and oxygen atoms in total. The Morgan fingerprint density at radius 3 is 2.62 bits per heavy atom. The van der Waals surface area contributed by atoms with Crippen LogP contribution in [-0.4, -0.2) is 30.6 Å². The van der Waals surface area contributed by atoms with E-state index in [1.807, 2.05) is 0 Å². The second kappa shape index (κ2) is 8.48. The first kappa shape index (κ1) is 21.2. The van der Waals surface area contributed by atoms with Crippen molar-refractivity contribution in [3.8, 4) is 5.75 Å². The molecule has 4 heteroatoms. The third-order valence-electron chi connectivity index (χ3n) is 5.93. The highest BCUT2D eigenvalue weighted by molar-refractivity contribution is 5.96. The molecule has 2 aromatic carbocycles. The fourth-order valence-corrected chi connectivity index (χ4v) is 4.45. The number of hydrogen-bond donors (Lipinski definition) is 2. The maximum absolute atomic E-state index is 12.5. The Morgan fingerprint density at radius 1 is 1.21 bits per heavy atom. The molecule has 0 bridgehead atoms. The summed E-state index contributed by atoms with van der Waals surface area (Å²) in [5.74, 6) is -0.208. The van der Waals surface area contributed by atoms with Gasteiger partial charge in [-0.25, -0.2) is 0 Å². The van der Waals surface area contributed by atoms with E-state index in [1.54, 1.807) is 24.3 Å². The quantitative estimate of drug-likeness (QED) is 0.710. The molecule has 1 aliphatic rings. The van der Waals surface area contributed by atoms with E-state index in [9.17, 15) is 9.90 Å². The summed E-state index contributed by atoms with van der Waals surface area (Å²) in [6.45, 7) is 13.8. The summed E-state index contributed by atoms with van der Waals surface area (Å²) in [6.07, 6.45) is 3.17. The van der Waals surface area contributed by atoms with Gasteiger partial charge in [0.1, 0.15) is 5.75 Å². The first-order valence-electron chi connectivity index (χ1n) is 10.7. The van der Waals surface area contributed by atoms with E-state index in [1.165, 1.54) is 27.9 Å². The minimum atomic E-state index is -0.227. The van der Waals surface area contributed by atoms with E-state index in [0.717, 1.165) is 32.4 Å². The van der Waals surface area contributed by atoms with E-state index in [2.05, 4.69) is 50.9 Å². The Morgan fingerprint density at radius 2 is 1.93 bits per heavy atom. The van der Waals surface area contributed by atoms with E-state index in [-0.39, 0.29) is 17.1 Å². The lowest BCUT2D eigenvalue weighted by molar-refractivity contribution is 0.0933. The van der Waals surface area contributed by atoms with Gasteiger partial charge in [-0.1, -0.05) is 39.0 Å². The van der Waals surface area contributed by atoms with Gasteiger partial charge in [0.15, 0.2) is 0 Å². The molecule has 3 rings (SSSR count). The minimum Gasteiger partial charge on any atom is -0.507 e. The third kappa shape index (κ3) is 4.58. The molecule has 0 spiro atoms. The molecule has 0 aliphatic carbocycles. The molecule has 0 unspecified atom stereocenters. The number of fused-ring (bicyclic) bond motifs is 1. The summed E-state index contributed by atoms with van der Waals surface area (Å²) in [5.41, 5.74) is 7.30. The summed E-state index contributed by atoms with van der Waals surface area (Å²) in [4.78, 5) is 15.1. The normalized spacial score (nSPS) is 13.5. The molecular formula is C25H34N2O2. The van der Waals surface area contributed by atoms with Gasteiger partial charge in [-0.3, -0.25) is 4.79 Å². The molecular weight excluding hydrogens is 360 g/mol. The SMILES string of the molecule is CCCN1CCc2c(C)cc(C)c(CC(C)(C)CNC(=O)c3ccccc3O)c21. The number of nitrogens with one attached hydrogen (secondary N) is 1. The van der Waals surface area contributed by atoms with Gasteiger partial charge in [-0.2, -0.15) is 0 Å². The van der Waals surface area contributed by atoms with Crippen LogP contribution in [0, 0.1) is 19.3 Å². The van der Waals surface area contributed by atoms with Crippen molar-refractivity contribution >= 4 is 11.6 Å². The van der Waals surface area contributed by atoms with E-state index in [4.69, 9.17) is 0 Å². The Hall–Kier alpha value is -2.49. The van der Waals surface area contributed by atoms with Crippen LogP contribution in [0.3, 0.4) is 0 Å². The Balaban J connectivity index is 1.79. The minimum absolute atomic E-state index is 0.0187. The topological polar surface area (TPSA) is 52.6 Å². The molecule has 1 amide bonds. The van der Waals surface area contributed by atoms with E-state index < -0.39 is 0 Å². The van der Waals surface area contributed by atoms with Crippen LogP contribution in [0.2, 0.25) is 0 Å². The average Bonchev–Trinajstić information content (AvgIpc) is 3.08. The molecule has 0 saturated heterocycles. The maximum atomic E-state index is 12.5. The molecule has 1 heterocycles. The first-order valence-corrected chi connectivity index (χ1v) is 10.7. The lowest BCUT2D eigenvalue weighted by Crippen LogP contribution is -2.36. The lowest BCUT2D eigenvalue weighted by Gasteiger charge is -2.30. The van der Waals surface area contributed by atoms with Crippen molar-refractivity contribution in [2.75, 3.05) is 24.5 Å². The zero-order valence-electron chi connectivity index (χ0n) is 18.4. The van der Waals surface area contributed by atoms with Crippen LogP contribution in [0.5, 0.6) is 5.75 Å². The van der Waals surface area contributed by atoms with Gasteiger partial charge in [0.25, 0.3) is 5.91 Å². The number of anilines is 1. The zero-order chi connectivity index (χ0) is 21.2. The van der Waals surface area contributed by atoms with Crippen LogP contribution < -0.4 is 10.2 Å². The first-order chi connectivity index (χ1) is 13.7. The summed E-state index contributed by atoms with van der Waals surface area (Å²) in [7, 11) is 0. The molecule has 0 radical (unpaired) electrons. The number of phenols is 1. The van der Waals surface area contributed by atoms with Crippen molar-refractivity contribution in [1.82, 2.24) is 5.32 Å². The molecule has 0 atom stereocenters. The molecule has 0 aromatic heterocycles. The van der Waals surface area contributed by atoms with E-state index >= 15 is 0 Å². The van der Waals surface area contributed by atoms with E-state index in [0.29, 0.717) is 12.1 Å². The van der Waals surface area contributed by atoms with Crippen LogP contribution in [0.4, 0.5) is 5.69 Å². The number of amides is 1. The molecule has 1 aliphatic heterocycles. The highest BCUT2D eigenvalue weighted by Crippen LogP contribution is 2.39. The van der Waals surface area contributed by atoms with Crippen LogP contribution in [-0.2, 0) is 12.8 Å². The summed E-state index contributed by atoms with van der Waals surface area (Å²) in [6, 6.07) is 9.00. The maximum Gasteiger partial charge on any atom is 0.255 e. The number of rotatable bonds is 7. The van der Waals surface area contributed by atoms with Gasteiger partial charge in [0.05, 0.1) is 5.56 Å². The summed E-state index contributed by atoms with van der Waals surface area (Å²) in [5, 5.41) is 12.9. The van der Waals surface area contributed by atoms with Gasteiger partial charge >= 0.3 is 0 Å². The highest BCUT2D eigenvalue weighted by Gasteiger charge is 2.29. The van der Waals surface area contributed by atoms with Gasteiger partial charge < -0.3 is 15.3 Å². The number of carbonyl (C=O) groups is 1.